The SMILES string of the molecule is CC(C)CCC[C@@H](C)[C@H]1C=C[C@H]2[C@@H]3CC=C4C[C@@H](OC(=O)CCl)CC[C@]4(C)[C@H]3CC[C@]12C. The van der Waals surface area contributed by atoms with Crippen molar-refractivity contribution in [1.29, 1.82) is 0 Å². The molecule has 0 N–H and O–H groups in total. The second-order valence-electron chi connectivity index (χ2n) is 12.4. The van der Waals surface area contributed by atoms with Crippen molar-refractivity contribution in [3.05, 3.63) is 23.8 Å². The third-order valence-electron chi connectivity index (χ3n) is 10.1. The summed E-state index contributed by atoms with van der Waals surface area (Å²) in [5.41, 5.74) is 2.28. The highest BCUT2D eigenvalue weighted by atomic mass is 35.5. The van der Waals surface area contributed by atoms with Crippen LogP contribution < -0.4 is 0 Å². The van der Waals surface area contributed by atoms with E-state index in [2.05, 4.69) is 52.8 Å². The Balaban J connectivity index is 1.46. The molecule has 0 aromatic heterocycles. The van der Waals surface area contributed by atoms with Gasteiger partial charge in [-0.05, 0) is 78.4 Å². The Kier molecular flexibility index (Phi) is 7.21. The molecule has 8 atom stereocenters. The molecular weight excluding hydrogens is 416 g/mol. The molecule has 0 unspecified atom stereocenters. The van der Waals surface area contributed by atoms with Gasteiger partial charge in [-0.2, -0.15) is 0 Å². The largest absolute Gasteiger partial charge is 0.461 e. The summed E-state index contributed by atoms with van der Waals surface area (Å²) in [5.74, 6) is 4.29. The van der Waals surface area contributed by atoms with Crippen LogP contribution in [0.2, 0.25) is 0 Å². The average Bonchev–Trinajstić information content (AvgIpc) is 3.11. The number of allylic oxidation sites excluding steroid dienone is 3. The van der Waals surface area contributed by atoms with Gasteiger partial charge in [0.25, 0.3) is 0 Å². The van der Waals surface area contributed by atoms with E-state index in [9.17, 15) is 4.79 Å². The molecule has 2 saturated carbocycles. The molecular formula is C29H45ClO2. The molecule has 0 amide bonds. The van der Waals surface area contributed by atoms with Gasteiger partial charge in [0, 0.05) is 6.42 Å². The van der Waals surface area contributed by atoms with Gasteiger partial charge >= 0.3 is 5.97 Å². The average molecular weight is 461 g/mol. The summed E-state index contributed by atoms with van der Waals surface area (Å²) in [6.45, 7) is 12.3. The molecule has 0 saturated heterocycles. The van der Waals surface area contributed by atoms with Gasteiger partial charge in [-0.15, -0.1) is 11.6 Å². The molecule has 4 rings (SSSR count). The van der Waals surface area contributed by atoms with Gasteiger partial charge in [0.2, 0.25) is 0 Å². The van der Waals surface area contributed by atoms with Gasteiger partial charge in [-0.25, -0.2) is 0 Å². The highest BCUT2D eigenvalue weighted by Gasteiger charge is 2.57. The second kappa shape index (κ2) is 9.47. The maximum atomic E-state index is 11.7. The highest BCUT2D eigenvalue weighted by molar-refractivity contribution is 6.26. The number of alkyl halides is 1. The minimum Gasteiger partial charge on any atom is -0.461 e. The van der Waals surface area contributed by atoms with Crippen molar-refractivity contribution in [3.8, 4) is 0 Å². The first-order valence-electron chi connectivity index (χ1n) is 13.3. The van der Waals surface area contributed by atoms with Crippen molar-refractivity contribution in [1.82, 2.24) is 0 Å². The first-order chi connectivity index (χ1) is 15.2. The lowest BCUT2D eigenvalue weighted by Crippen LogP contribution is -2.51. The van der Waals surface area contributed by atoms with E-state index in [-0.39, 0.29) is 23.4 Å². The molecule has 3 heteroatoms. The van der Waals surface area contributed by atoms with Gasteiger partial charge in [0.1, 0.15) is 12.0 Å². The predicted molar refractivity (Wildman–Crippen MR) is 134 cm³/mol. The fourth-order valence-corrected chi connectivity index (χ4v) is 8.37. The summed E-state index contributed by atoms with van der Waals surface area (Å²) in [5, 5.41) is 0. The van der Waals surface area contributed by atoms with Gasteiger partial charge in [0.15, 0.2) is 0 Å². The molecule has 2 fully saturated rings. The van der Waals surface area contributed by atoms with E-state index < -0.39 is 0 Å². The van der Waals surface area contributed by atoms with Crippen molar-refractivity contribution in [2.45, 2.75) is 98.5 Å². The van der Waals surface area contributed by atoms with Gasteiger partial charge in [-0.3, -0.25) is 4.79 Å². The number of carbonyl (C=O) groups is 1. The number of fused-ring (bicyclic) bond motifs is 5. The van der Waals surface area contributed by atoms with E-state index in [0.29, 0.717) is 5.41 Å². The zero-order valence-corrected chi connectivity index (χ0v) is 21.8. The number of hydrogen-bond donors (Lipinski definition) is 0. The lowest BCUT2D eigenvalue weighted by molar-refractivity contribution is -0.148. The summed E-state index contributed by atoms with van der Waals surface area (Å²) < 4.78 is 5.62. The normalized spacial score (nSPS) is 41.5. The minimum atomic E-state index is -0.271. The fraction of sp³-hybridized carbons (Fsp3) is 0.828. The Hall–Kier alpha value is -0.760. The number of hydrogen-bond acceptors (Lipinski definition) is 2. The molecule has 4 aliphatic carbocycles. The smallest absolute Gasteiger partial charge is 0.321 e. The van der Waals surface area contributed by atoms with Crippen molar-refractivity contribution < 1.29 is 9.53 Å². The van der Waals surface area contributed by atoms with Crippen LogP contribution in [0.25, 0.3) is 0 Å². The van der Waals surface area contributed by atoms with Crippen molar-refractivity contribution in [2.24, 2.45) is 46.3 Å². The van der Waals surface area contributed by atoms with Crippen molar-refractivity contribution in [3.63, 3.8) is 0 Å². The summed E-state index contributed by atoms with van der Waals surface area (Å²) in [7, 11) is 0. The van der Waals surface area contributed by atoms with Crippen LogP contribution >= 0.6 is 11.6 Å². The van der Waals surface area contributed by atoms with E-state index in [1.807, 2.05) is 0 Å². The summed E-state index contributed by atoms with van der Waals surface area (Å²) in [4.78, 5) is 11.7. The van der Waals surface area contributed by atoms with Crippen LogP contribution in [0, 0.1) is 46.3 Å². The van der Waals surface area contributed by atoms with Crippen LogP contribution in [0.5, 0.6) is 0 Å². The molecule has 4 aliphatic rings. The van der Waals surface area contributed by atoms with Crippen LogP contribution in [-0.2, 0) is 9.53 Å². The fourth-order valence-electron chi connectivity index (χ4n) is 8.30. The molecule has 0 heterocycles. The number of halogens is 1. The molecule has 0 aliphatic heterocycles. The third kappa shape index (κ3) is 4.35. The number of ether oxygens (including phenoxy) is 1. The van der Waals surface area contributed by atoms with E-state index in [4.69, 9.17) is 16.3 Å². The number of carbonyl (C=O) groups excluding carboxylic acids is 1. The van der Waals surface area contributed by atoms with Crippen LogP contribution in [0.1, 0.15) is 92.4 Å². The minimum absolute atomic E-state index is 0.0217. The second-order valence-corrected chi connectivity index (χ2v) is 12.7. The lowest BCUT2D eigenvalue weighted by atomic mass is 9.46. The van der Waals surface area contributed by atoms with Crippen LogP contribution in [0.15, 0.2) is 23.8 Å². The standard InChI is InChI=1S/C29H45ClO2/c1-19(2)7-6-8-20(3)24-11-12-25-23-10-9-21-17-22(32-27(31)18-30)13-15-28(21,4)26(23)14-16-29(24,25)5/h9,11-12,19-20,22-26H,6-8,10,13-18H2,1-5H3/t20-,22+,23+,24-,25+,26+,28+,29-/m1/s1. The van der Waals surface area contributed by atoms with Crippen LogP contribution in [0.3, 0.4) is 0 Å². The first-order valence-corrected chi connectivity index (χ1v) is 13.9. The molecule has 0 bridgehead atoms. The number of rotatable bonds is 7. The number of esters is 1. The summed E-state index contributed by atoms with van der Waals surface area (Å²) in [6, 6.07) is 0. The van der Waals surface area contributed by atoms with Gasteiger partial charge in [0.05, 0.1) is 0 Å². The first kappa shape index (κ1) is 24.4. The zero-order chi connectivity index (χ0) is 23.1. The zero-order valence-electron chi connectivity index (χ0n) is 21.0. The molecule has 32 heavy (non-hydrogen) atoms. The molecule has 0 spiro atoms. The molecule has 0 aromatic carbocycles. The molecule has 180 valence electrons. The lowest BCUT2D eigenvalue weighted by Gasteiger charge is -2.58. The van der Waals surface area contributed by atoms with Crippen molar-refractivity contribution in [2.75, 3.05) is 5.88 Å². The maximum Gasteiger partial charge on any atom is 0.321 e. The Morgan fingerprint density at radius 1 is 1.16 bits per heavy atom. The molecule has 2 nitrogen and oxygen atoms in total. The van der Waals surface area contributed by atoms with Gasteiger partial charge < -0.3 is 4.74 Å². The Morgan fingerprint density at radius 2 is 1.94 bits per heavy atom. The summed E-state index contributed by atoms with van der Waals surface area (Å²) in [6.07, 6.45) is 18.9. The Labute approximate surface area is 201 Å². The maximum absolute atomic E-state index is 11.7. The Morgan fingerprint density at radius 3 is 2.66 bits per heavy atom. The topological polar surface area (TPSA) is 26.3 Å². The quantitative estimate of drug-likeness (QED) is 0.219. The van der Waals surface area contributed by atoms with E-state index in [1.165, 1.54) is 38.5 Å². The molecule has 0 aromatic rings. The third-order valence-corrected chi connectivity index (χ3v) is 10.3. The molecule has 0 radical (unpaired) electrons. The summed E-state index contributed by atoms with van der Waals surface area (Å²) >= 11 is 5.67. The van der Waals surface area contributed by atoms with Crippen molar-refractivity contribution >= 4 is 17.6 Å². The predicted octanol–water partition coefficient (Wildman–Crippen LogP) is 7.95. The van der Waals surface area contributed by atoms with Crippen LogP contribution in [0.4, 0.5) is 0 Å². The van der Waals surface area contributed by atoms with Crippen LogP contribution in [-0.4, -0.2) is 18.0 Å². The monoisotopic (exact) mass is 460 g/mol. The highest BCUT2D eigenvalue weighted by Crippen LogP contribution is 2.65. The van der Waals surface area contributed by atoms with E-state index >= 15 is 0 Å². The van der Waals surface area contributed by atoms with E-state index in [1.54, 1.807) is 5.57 Å². The van der Waals surface area contributed by atoms with Gasteiger partial charge in [-0.1, -0.05) is 77.7 Å². The Bertz CT molecular complexity index is 754. The van der Waals surface area contributed by atoms with E-state index in [0.717, 1.165) is 54.8 Å².